The summed E-state index contributed by atoms with van der Waals surface area (Å²) in [7, 11) is 0. The van der Waals surface area contributed by atoms with E-state index in [9.17, 15) is 4.79 Å². The third-order valence-corrected chi connectivity index (χ3v) is 4.58. The molecular weight excluding hydrogens is 359 g/mol. The highest BCUT2D eigenvalue weighted by Crippen LogP contribution is 2.15. The van der Waals surface area contributed by atoms with Crippen LogP contribution in [0.1, 0.15) is 41.4 Å². The maximum absolute atomic E-state index is 12.2. The molecule has 2 heterocycles. The molecule has 2 N–H and O–H groups in total. The fourth-order valence-electron chi connectivity index (χ4n) is 2.96. The summed E-state index contributed by atoms with van der Waals surface area (Å²) in [4.78, 5) is 12.2. The molecule has 7 heteroatoms. The molecule has 1 aromatic heterocycles. The van der Waals surface area contributed by atoms with Gasteiger partial charge in [0.15, 0.2) is 0 Å². The van der Waals surface area contributed by atoms with E-state index < -0.39 is 0 Å². The van der Waals surface area contributed by atoms with E-state index in [1.807, 2.05) is 35.1 Å². The highest BCUT2D eigenvalue weighted by atomic mass is 35.5. The molecule has 1 aromatic carbocycles. The number of hydrogen-bond donors (Lipinski definition) is 2. The van der Waals surface area contributed by atoms with Gasteiger partial charge in [-0.15, -0.1) is 12.4 Å². The lowest BCUT2D eigenvalue weighted by Crippen LogP contribution is -2.32. The van der Waals surface area contributed by atoms with Gasteiger partial charge in [-0.05, 0) is 56.0 Å². The van der Waals surface area contributed by atoms with Gasteiger partial charge in [-0.1, -0.05) is 23.7 Å². The SMILES string of the molecule is Cl.O=C(NCCCc1ccc(Cl)cc1)c1ccn(C2CCCNC2)n1. The van der Waals surface area contributed by atoms with E-state index in [0.717, 1.165) is 43.8 Å². The number of nitrogens with zero attached hydrogens (tertiary/aromatic N) is 2. The number of amides is 1. The number of carbonyl (C=O) groups is 1. The van der Waals surface area contributed by atoms with Crippen molar-refractivity contribution in [1.29, 1.82) is 0 Å². The molecular formula is C18H24Cl2N4O. The van der Waals surface area contributed by atoms with Gasteiger partial charge in [-0.25, -0.2) is 0 Å². The molecule has 0 saturated carbocycles. The number of rotatable bonds is 6. The molecule has 1 fully saturated rings. The van der Waals surface area contributed by atoms with Crippen molar-refractivity contribution in [2.75, 3.05) is 19.6 Å². The molecule has 1 atom stereocenters. The Balaban J connectivity index is 0.00000225. The topological polar surface area (TPSA) is 59.0 Å². The Morgan fingerprint density at radius 2 is 2.12 bits per heavy atom. The highest BCUT2D eigenvalue weighted by molar-refractivity contribution is 6.30. The maximum atomic E-state index is 12.2. The van der Waals surface area contributed by atoms with Gasteiger partial charge in [0, 0.05) is 24.3 Å². The Hall–Kier alpha value is -1.56. The number of benzene rings is 1. The molecule has 1 aliphatic rings. The predicted molar refractivity (Wildman–Crippen MR) is 103 cm³/mol. The van der Waals surface area contributed by atoms with E-state index in [1.165, 1.54) is 5.56 Å². The van der Waals surface area contributed by atoms with Crippen molar-refractivity contribution < 1.29 is 4.79 Å². The molecule has 3 rings (SSSR count). The lowest BCUT2D eigenvalue weighted by molar-refractivity contribution is 0.0947. The summed E-state index contributed by atoms with van der Waals surface area (Å²) in [6.07, 6.45) is 5.97. The molecule has 25 heavy (non-hydrogen) atoms. The number of halogens is 2. The Morgan fingerprint density at radius 1 is 1.32 bits per heavy atom. The van der Waals surface area contributed by atoms with Gasteiger partial charge in [0.1, 0.15) is 5.69 Å². The first-order valence-corrected chi connectivity index (χ1v) is 8.89. The number of hydrogen-bond acceptors (Lipinski definition) is 3. The third kappa shape index (κ3) is 5.73. The Labute approximate surface area is 159 Å². The van der Waals surface area contributed by atoms with Crippen molar-refractivity contribution in [2.24, 2.45) is 0 Å². The largest absolute Gasteiger partial charge is 0.351 e. The molecule has 1 amide bonds. The molecule has 1 saturated heterocycles. The van der Waals surface area contributed by atoms with Crippen LogP contribution < -0.4 is 10.6 Å². The summed E-state index contributed by atoms with van der Waals surface area (Å²) in [5, 5.41) is 11.5. The van der Waals surface area contributed by atoms with Crippen LogP contribution in [-0.2, 0) is 6.42 Å². The summed E-state index contributed by atoms with van der Waals surface area (Å²) < 4.78 is 1.91. The predicted octanol–water partition coefficient (Wildman–Crippen LogP) is 3.25. The molecule has 0 spiro atoms. The second kappa shape index (κ2) is 9.80. The first kappa shape index (κ1) is 19.8. The van der Waals surface area contributed by atoms with Gasteiger partial charge in [0.05, 0.1) is 6.04 Å². The summed E-state index contributed by atoms with van der Waals surface area (Å²) in [6, 6.07) is 9.96. The second-order valence-electron chi connectivity index (χ2n) is 6.17. The van der Waals surface area contributed by atoms with Crippen molar-refractivity contribution in [3.05, 3.63) is 52.8 Å². The van der Waals surface area contributed by atoms with Gasteiger partial charge in [0.25, 0.3) is 5.91 Å². The normalized spacial score (nSPS) is 16.9. The zero-order chi connectivity index (χ0) is 16.8. The summed E-state index contributed by atoms with van der Waals surface area (Å²) in [5.74, 6) is -0.103. The smallest absolute Gasteiger partial charge is 0.271 e. The average Bonchev–Trinajstić information content (AvgIpc) is 3.11. The molecule has 0 aliphatic carbocycles. The molecule has 5 nitrogen and oxygen atoms in total. The van der Waals surface area contributed by atoms with Gasteiger partial charge in [-0.2, -0.15) is 5.10 Å². The minimum absolute atomic E-state index is 0. The fourth-order valence-corrected chi connectivity index (χ4v) is 3.08. The van der Waals surface area contributed by atoms with E-state index in [-0.39, 0.29) is 18.3 Å². The van der Waals surface area contributed by atoms with Gasteiger partial charge in [0.2, 0.25) is 0 Å². The number of carbonyl (C=O) groups excluding carboxylic acids is 1. The molecule has 1 aliphatic heterocycles. The fraction of sp³-hybridized carbons (Fsp3) is 0.444. The van der Waals surface area contributed by atoms with Crippen molar-refractivity contribution in [1.82, 2.24) is 20.4 Å². The monoisotopic (exact) mass is 382 g/mol. The molecule has 136 valence electrons. The lowest BCUT2D eigenvalue weighted by atomic mass is 10.1. The Morgan fingerprint density at radius 3 is 2.84 bits per heavy atom. The first-order valence-electron chi connectivity index (χ1n) is 8.51. The highest BCUT2D eigenvalue weighted by Gasteiger charge is 2.17. The van der Waals surface area contributed by atoms with Crippen molar-refractivity contribution in [2.45, 2.75) is 31.7 Å². The van der Waals surface area contributed by atoms with Crippen molar-refractivity contribution >= 4 is 29.9 Å². The van der Waals surface area contributed by atoms with E-state index in [2.05, 4.69) is 15.7 Å². The summed E-state index contributed by atoms with van der Waals surface area (Å²) in [5.41, 5.74) is 1.72. The van der Waals surface area contributed by atoms with Gasteiger partial charge in [-0.3, -0.25) is 9.48 Å². The standard InChI is InChI=1S/C18H23ClN4O.ClH/c19-15-7-5-14(6-8-15)3-1-11-21-18(24)17-9-12-23(22-17)16-4-2-10-20-13-16;/h5-9,12,16,20H,1-4,10-11,13H2,(H,21,24);1H. The molecule has 0 bridgehead atoms. The number of nitrogens with one attached hydrogen (secondary N) is 2. The second-order valence-corrected chi connectivity index (χ2v) is 6.60. The summed E-state index contributed by atoms with van der Waals surface area (Å²) >= 11 is 5.87. The molecule has 0 radical (unpaired) electrons. The molecule has 2 aromatic rings. The zero-order valence-corrected chi connectivity index (χ0v) is 15.7. The Bertz CT molecular complexity index is 666. The van der Waals surface area contributed by atoms with Crippen LogP contribution in [0.4, 0.5) is 0 Å². The van der Waals surface area contributed by atoms with E-state index in [4.69, 9.17) is 11.6 Å². The maximum Gasteiger partial charge on any atom is 0.271 e. The third-order valence-electron chi connectivity index (χ3n) is 4.33. The van der Waals surface area contributed by atoms with Gasteiger partial charge >= 0.3 is 0 Å². The van der Waals surface area contributed by atoms with Crippen LogP contribution in [0.5, 0.6) is 0 Å². The molecule has 1 unspecified atom stereocenters. The minimum atomic E-state index is -0.103. The van der Waals surface area contributed by atoms with E-state index >= 15 is 0 Å². The summed E-state index contributed by atoms with van der Waals surface area (Å²) in [6.45, 7) is 2.63. The first-order chi connectivity index (χ1) is 11.7. The lowest BCUT2D eigenvalue weighted by Gasteiger charge is -2.22. The van der Waals surface area contributed by atoms with Crippen molar-refractivity contribution in [3.8, 4) is 0 Å². The van der Waals surface area contributed by atoms with Crippen LogP contribution in [0, 0.1) is 0 Å². The number of aryl methyl sites for hydroxylation is 1. The van der Waals surface area contributed by atoms with Gasteiger partial charge < -0.3 is 10.6 Å². The van der Waals surface area contributed by atoms with Crippen LogP contribution in [0.25, 0.3) is 0 Å². The van der Waals surface area contributed by atoms with E-state index in [1.54, 1.807) is 6.07 Å². The number of aromatic nitrogens is 2. The van der Waals surface area contributed by atoms with Crippen LogP contribution >= 0.6 is 24.0 Å². The average molecular weight is 383 g/mol. The van der Waals surface area contributed by atoms with Crippen molar-refractivity contribution in [3.63, 3.8) is 0 Å². The van der Waals surface area contributed by atoms with Crippen LogP contribution in [0.15, 0.2) is 36.5 Å². The minimum Gasteiger partial charge on any atom is -0.351 e. The zero-order valence-electron chi connectivity index (χ0n) is 14.1. The Kier molecular flexibility index (Phi) is 7.75. The number of piperidine rings is 1. The van der Waals surface area contributed by atoms with Crippen LogP contribution in [0.3, 0.4) is 0 Å². The quantitative estimate of drug-likeness (QED) is 0.753. The van der Waals surface area contributed by atoms with E-state index in [0.29, 0.717) is 18.3 Å². The van der Waals surface area contributed by atoms with Crippen LogP contribution in [0.2, 0.25) is 5.02 Å². The van der Waals surface area contributed by atoms with Crippen LogP contribution in [-0.4, -0.2) is 35.3 Å².